The predicted octanol–water partition coefficient (Wildman–Crippen LogP) is 1.08. The monoisotopic (exact) mass is 335 g/mol. The van der Waals surface area contributed by atoms with Gasteiger partial charge in [0, 0.05) is 23.5 Å². The Hall–Kier alpha value is -2.51. The molecule has 1 aromatic heterocycles. The molecule has 6 heteroatoms. The van der Waals surface area contributed by atoms with Crippen LogP contribution < -0.4 is 5.46 Å². The Morgan fingerprint density at radius 2 is 1.36 bits per heavy atom. The number of benzene rings is 2. The van der Waals surface area contributed by atoms with Crippen molar-refractivity contribution in [1.82, 2.24) is 4.98 Å². The molecule has 25 heavy (non-hydrogen) atoms. The van der Waals surface area contributed by atoms with E-state index < -0.39 is 7.12 Å². The second kappa shape index (κ2) is 7.59. The highest BCUT2D eigenvalue weighted by molar-refractivity contribution is 6.60. The van der Waals surface area contributed by atoms with E-state index in [4.69, 9.17) is 5.11 Å². The SMILES string of the molecule is OCc1ccc(-c2cncc(-c3cc(CO)ccc3B(O)O)c2)cc1. The van der Waals surface area contributed by atoms with Crippen molar-refractivity contribution in [3.63, 3.8) is 0 Å². The Labute approximate surface area is 146 Å². The fourth-order valence-electron chi connectivity index (χ4n) is 2.72. The lowest BCUT2D eigenvalue weighted by Gasteiger charge is -2.12. The summed E-state index contributed by atoms with van der Waals surface area (Å²) in [6, 6.07) is 14.4. The fourth-order valence-corrected chi connectivity index (χ4v) is 2.72. The highest BCUT2D eigenvalue weighted by Gasteiger charge is 2.18. The molecular weight excluding hydrogens is 317 g/mol. The molecule has 0 spiro atoms. The Bertz CT molecular complexity index is 866. The molecule has 2 aromatic carbocycles. The smallest absolute Gasteiger partial charge is 0.423 e. The van der Waals surface area contributed by atoms with Gasteiger partial charge in [0.15, 0.2) is 0 Å². The lowest BCUT2D eigenvalue weighted by Crippen LogP contribution is -2.31. The van der Waals surface area contributed by atoms with E-state index >= 15 is 0 Å². The van der Waals surface area contributed by atoms with Crippen LogP contribution >= 0.6 is 0 Å². The van der Waals surface area contributed by atoms with E-state index in [0.29, 0.717) is 16.6 Å². The van der Waals surface area contributed by atoms with E-state index in [-0.39, 0.29) is 13.2 Å². The lowest BCUT2D eigenvalue weighted by atomic mass is 9.75. The standard InChI is InChI=1S/C19H18BNO4/c22-11-13-1-4-15(5-2-13)16-8-17(10-21-9-16)18-7-14(12-23)3-6-19(18)20(24)25/h1-10,22-25H,11-12H2. The van der Waals surface area contributed by atoms with Gasteiger partial charge >= 0.3 is 7.12 Å². The van der Waals surface area contributed by atoms with E-state index in [1.165, 1.54) is 0 Å². The molecule has 0 atom stereocenters. The van der Waals surface area contributed by atoms with Crippen LogP contribution in [0.5, 0.6) is 0 Å². The van der Waals surface area contributed by atoms with Crippen molar-refractivity contribution in [2.75, 3.05) is 0 Å². The Morgan fingerprint density at radius 1 is 0.720 bits per heavy atom. The quantitative estimate of drug-likeness (QED) is 0.524. The molecule has 0 saturated heterocycles. The molecule has 0 amide bonds. The van der Waals surface area contributed by atoms with Gasteiger partial charge in [-0.2, -0.15) is 0 Å². The minimum Gasteiger partial charge on any atom is -0.423 e. The number of hydrogen-bond donors (Lipinski definition) is 4. The molecule has 4 N–H and O–H groups in total. The third-order valence-corrected chi connectivity index (χ3v) is 4.10. The maximum atomic E-state index is 9.62. The molecular formula is C19H18BNO4. The van der Waals surface area contributed by atoms with Crippen LogP contribution in [0.2, 0.25) is 0 Å². The van der Waals surface area contributed by atoms with Gasteiger partial charge in [0.1, 0.15) is 0 Å². The van der Waals surface area contributed by atoms with E-state index in [0.717, 1.165) is 22.3 Å². The average Bonchev–Trinajstić information content (AvgIpc) is 2.67. The largest absolute Gasteiger partial charge is 0.489 e. The summed E-state index contributed by atoms with van der Waals surface area (Å²) in [5, 5.41) is 37.7. The van der Waals surface area contributed by atoms with Crippen LogP contribution in [0.1, 0.15) is 11.1 Å². The van der Waals surface area contributed by atoms with Crippen LogP contribution in [-0.2, 0) is 13.2 Å². The van der Waals surface area contributed by atoms with Crippen LogP contribution in [0.3, 0.4) is 0 Å². The summed E-state index contributed by atoms with van der Waals surface area (Å²) in [4.78, 5) is 4.26. The third-order valence-electron chi connectivity index (χ3n) is 4.10. The highest BCUT2D eigenvalue weighted by atomic mass is 16.4. The zero-order chi connectivity index (χ0) is 17.8. The first-order valence-electron chi connectivity index (χ1n) is 7.88. The first kappa shape index (κ1) is 17.3. The molecule has 1 heterocycles. The summed E-state index contributed by atoms with van der Waals surface area (Å²) < 4.78 is 0. The van der Waals surface area contributed by atoms with E-state index in [9.17, 15) is 15.2 Å². The van der Waals surface area contributed by atoms with Crippen molar-refractivity contribution in [1.29, 1.82) is 0 Å². The summed E-state index contributed by atoms with van der Waals surface area (Å²) in [6.45, 7) is -0.144. The van der Waals surface area contributed by atoms with E-state index in [1.807, 2.05) is 30.3 Å². The van der Waals surface area contributed by atoms with Crippen molar-refractivity contribution in [3.05, 3.63) is 72.1 Å². The van der Waals surface area contributed by atoms with Crippen molar-refractivity contribution in [2.24, 2.45) is 0 Å². The van der Waals surface area contributed by atoms with Crippen LogP contribution in [0.4, 0.5) is 0 Å². The van der Waals surface area contributed by atoms with Crippen molar-refractivity contribution >= 4 is 12.6 Å². The summed E-state index contributed by atoms with van der Waals surface area (Å²) in [5.74, 6) is 0. The molecule has 0 aliphatic carbocycles. The first-order chi connectivity index (χ1) is 12.1. The Morgan fingerprint density at radius 3 is 2.00 bits per heavy atom. The number of aromatic nitrogens is 1. The summed E-state index contributed by atoms with van der Waals surface area (Å²) in [5.41, 5.74) is 5.01. The van der Waals surface area contributed by atoms with E-state index in [1.54, 1.807) is 30.6 Å². The van der Waals surface area contributed by atoms with Gasteiger partial charge in [-0.3, -0.25) is 4.98 Å². The second-order valence-electron chi connectivity index (χ2n) is 5.77. The predicted molar refractivity (Wildman–Crippen MR) is 96.8 cm³/mol. The minimum atomic E-state index is -1.62. The van der Waals surface area contributed by atoms with Gasteiger partial charge in [0.25, 0.3) is 0 Å². The van der Waals surface area contributed by atoms with Crippen LogP contribution in [0.15, 0.2) is 60.9 Å². The number of pyridine rings is 1. The fraction of sp³-hybridized carbons (Fsp3) is 0.105. The third kappa shape index (κ3) is 3.78. The highest BCUT2D eigenvalue weighted by Crippen LogP contribution is 2.25. The summed E-state index contributed by atoms with van der Waals surface area (Å²) in [7, 11) is -1.62. The van der Waals surface area contributed by atoms with Gasteiger partial charge in [-0.15, -0.1) is 0 Å². The lowest BCUT2D eigenvalue weighted by molar-refractivity contribution is 0.281. The Kier molecular flexibility index (Phi) is 5.26. The first-order valence-corrected chi connectivity index (χ1v) is 7.88. The van der Waals surface area contributed by atoms with Crippen molar-refractivity contribution in [2.45, 2.75) is 13.2 Å². The second-order valence-corrected chi connectivity index (χ2v) is 5.77. The van der Waals surface area contributed by atoms with Gasteiger partial charge in [0.05, 0.1) is 13.2 Å². The maximum Gasteiger partial charge on any atom is 0.489 e. The van der Waals surface area contributed by atoms with Crippen LogP contribution in [-0.4, -0.2) is 32.4 Å². The number of aliphatic hydroxyl groups is 2. The molecule has 0 unspecified atom stereocenters. The molecule has 0 fully saturated rings. The molecule has 3 aromatic rings. The normalized spacial score (nSPS) is 10.7. The van der Waals surface area contributed by atoms with Crippen molar-refractivity contribution in [3.8, 4) is 22.3 Å². The van der Waals surface area contributed by atoms with Gasteiger partial charge < -0.3 is 20.3 Å². The van der Waals surface area contributed by atoms with Gasteiger partial charge in [-0.1, -0.05) is 36.4 Å². The molecule has 0 bridgehead atoms. The number of aliphatic hydroxyl groups excluding tert-OH is 2. The minimum absolute atomic E-state index is 0.00965. The maximum absolute atomic E-state index is 9.62. The summed E-state index contributed by atoms with van der Waals surface area (Å²) >= 11 is 0. The number of hydrogen-bond acceptors (Lipinski definition) is 5. The number of nitrogens with zero attached hydrogens (tertiary/aromatic N) is 1. The topological polar surface area (TPSA) is 93.8 Å². The van der Waals surface area contributed by atoms with Gasteiger partial charge in [0.2, 0.25) is 0 Å². The van der Waals surface area contributed by atoms with Crippen LogP contribution in [0, 0.1) is 0 Å². The van der Waals surface area contributed by atoms with Gasteiger partial charge in [-0.25, -0.2) is 0 Å². The molecule has 0 aliphatic heterocycles. The van der Waals surface area contributed by atoms with Crippen LogP contribution in [0.25, 0.3) is 22.3 Å². The zero-order valence-electron chi connectivity index (χ0n) is 13.5. The van der Waals surface area contributed by atoms with Gasteiger partial charge in [-0.05, 0) is 39.8 Å². The molecule has 0 aliphatic rings. The average molecular weight is 335 g/mol. The van der Waals surface area contributed by atoms with Crippen molar-refractivity contribution < 1.29 is 20.3 Å². The van der Waals surface area contributed by atoms with E-state index in [2.05, 4.69) is 4.98 Å². The summed E-state index contributed by atoms with van der Waals surface area (Å²) in [6.07, 6.45) is 3.37. The molecule has 0 radical (unpaired) electrons. The molecule has 5 nitrogen and oxygen atoms in total. The Balaban J connectivity index is 2.06. The molecule has 3 rings (SSSR count). The zero-order valence-corrected chi connectivity index (χ0v) is 13.5. The number of rotatable bonds is 5. The molecule has 126 valence electrons. The molecule has 0 saturated carbocycles.